The number of nitrogens with two attached hydrogens (primary N) is 1. The first-order chi connectivity index (χ1) is 17.0. The maximum Gasteiger partial charge on any atom is 0.326 e. The van der Waals surface area contributed by atoms with Crippen LogP contribution >= 0.6 is 11.8 Å². The zero-order chi connectivity index (χ0) is 27.3. The van der Waals surface area contributed by atoms with Crippen molar-refractivity contribution < 1.29 is 34.2 Å². The number of carboxylic acids is 2. The molecule has 200 valence electrons. The minimum absolute atomic E-state index is 0.138. The van der Waals surface area contributed by atoms with E-state index in [0.717, 1.165) is 5.56 Å². The number of thioether (sulfide) groups is 1. The molecule has 0 aliphatic rings. The number of amides is 3. The van der Waals surface area contributed by atoms with E-state index in [1.807, 2.05) is 12.3 Å². The number of hydrogen-bond acceptors (Lipinski definition) is 7. The van der Waals surface area contributed by atoms with Crippen molar-refractivity contribution in [3.63, 3.8) is 0 Å². The van der Waals surface area contributed by atoms with Crippen molar-refractivity contribution in [2.24, 2.45) is 11.7 Å². The van der Waals surface area contributed by atoms with Crippen LogP contribution in [0.5, 0.6) is 0 Å². The Bertz CT molecular complexity index is 900. The molecule has 0 aromatic heterocycles. The predicted molar refractivity (Wildman–Crippen MR) is 136 cm³/mol. The molecule has 1 aromatic carbocycles. The summed E-state index contributed by atoms with van der Waals surface area (Å²) in [6.45, 7) is 3.48. The van der Waals surface area contributed by atoms with E-state index in [0.29, 0.717) is 18.6 Å². The van der Waals surface area contributed by atoms with E-state index < -0.39 is 66.2 Å². The molecule has 11 nitrogen and oxygen atoms in total. The molecule has 0 bridgehead atoms. The van der Waals surface area contributed by atoms with Gasteiger partial charge in [0.2, 0.25) is 17.7 Å². The molecule has 0 saturated carbocycles. The SMILES string of the molecule is CCC(C)C(NC(=O)C(Cc1ccccc1)NC(=O)C(N)CCSC)C(=O)NC(CC(=O)O)C(=O)O. The summed E-state index contributed by atoms with van der Waals surface area (Å²) < 4.78 is 0. The molecule has 5 unspecified atom stereocenters. The highest BCUT2D eigenvalue weighted by Gasteiger charge is 2.33. The summed E-state index contributed by atoms with van der Waals surface area (Å²) in [4.78, 5) is 61.2. The van der Waals surface area contributed by atoms with Crippen LogP contribution in [0, 0.1) is 5.92 Å². The Labute approximate surface area is 215 Å². The fourth-order valence-corrected chi connectivity index (χ4v) is 3.80. The lowest BCUT2D eigenvalue weighted by Crippen LogP contribution is -2.59. The molecule has 7 N–H and O–H groups in total. The highest BCUT2D eigenvalue weighted by Crippen LogP contribution is 2.11. The van der Waals surface area contributed by atoms with E-state index in [1.54, 1.807) is 49.9 Å². The molecular weight excluding hydrogens is 488 g/mol. The second kappa shape index (κ2) is 15.8. The molecular formula is C24H36N4O7S. The molecule has 0 radical (unpaired) electrons. The van der Waals surface area contributed by atoms with Crippen LogP contribution in [0.1, 0.15) is 38.7 Å². The third-order valence-corrected chi connectivity index (χ3v) is 6.32. The Morgan fingerprint density at radius 1 is 0.944 bits per heavy atom. The molecule has 36 heavy (non-hydrogen) atoms. The van der Waals surface area contributed by atoms with Gasteiger partial charge in [-0.2, -0.15) is 11.8 Å². The quantitative estimate of drug-likeness (QED) is 0.177. The maximum atomic E-state index is 13.3. The van der Waals surface area contributed by atoms with Gasteiger partial charge in [-0.15, -0.1) is 0 Å². The van der Waals surface area contributed by atoms with Crippen LogP contribution in [0.15, 0.2) is 30.3 Å². The second-order valence-electron chi connectivity index (χ2n) is 8.51. The summed E-state index contributed by atoms with van der Waals surface area (Å²) in [6.07, 6.45) is 2.10. The van der Waals surface area contributed by atoms with E-state index in [1.165, 1.54) is 0 Å². The van der Waals surface area contributed by atoms with Gasteiger partial charge in [-0.05, 0) is 29.9 Å². The first kappa shape index (κ1) is 30.9. The summed E-state index contributed by atoms with van der Waals surface area (Å²) in [5.41, 5.74) is 6.73. The zero-order valence-corrected chi connectivity index (χ0v) is 21.5. The smallest absolute Gasteiger partial charge is 0.326 e. The zero-order valence-electron chi connectivity index (χ0n) is 20.7. The molecule has 1 aromatic rings. The normalized spacial score (nSPS) is 15.0. The van der Waals surface area contributed by atoms with Crippen LogP contribution < -0.4 is 21.7 Å². The van der Waals surface area contributed by atoms with E-state index in [4.69, 9.17) is 10.8 Å². The van der Waals surface area contributed by atoms with Gasteiger partial charge in [0.25, 0.3) is 0 Å². The van der Waals surface area contributed by atoms with Gasteiger partial charge in [0.1, 0.15) is 18.1 Å². The molecule has 5 atom stereocenters. The minimum Gasteiger partial charge on any atom is -0.481 e. The highest BCUT2D eigenvalue weighted by atomic mass is 32.2. The number of hydrogen-bond donors (Lipinski definition) is 6. The van der Waals surface area contributed by atoms with Gasteiger partial charge < -0.3 is 31.9 Å². The summed E-state index contributed by atoms with van der Waals surface area (Å²) >= 11 is 1.54. The molecule has 0 fully saturated rings. The molecule has 12 heteroatoms. The largest absolute Gasteiger partial charge is 0.481 e. The standard InChI is InChI=1S/C24H36N4O7S/c1-4-14(2)20(23(33)27-18(24(34)35)13-19(29)30)28-22(32)17(12-15-8-6-5-7-9-15)26-21(31)16(25)10-11-36-3/h5-9,14,16-18,20H,4,10-13,25H2,1-3H3,(H,26,31)(H,27,33)(H,28,32)(H,29,30)(H,34,35). The number of aliphatic carboxylic acids is 2. The molecule has 0 aliphatic heterocycles. The lowest BCUT2D eigenvalue weighted by Gasteiger charge is -2.28. The second-order valence-corrected chi connectivity index (χ2v) is 9.49. The van der Waals surface area contributed by atoms with Crippen molar-refractivity contribution in [1.82, 2.24) is 16.0 Å². The first-order valence-electron chi connectivity index (χ1n) is 11.6. The third kappa shape index (κ3) is 10.6. The summed E-state index contributed by atoms with van der Waals surface area (Å²) in [5.74, 6) is -4.62. The lowest BCUT2D eigenvalue weighted by molar-refractivity contribution is -0.147. The van der Waals surface area contributed by atoms with Crippen LogP contribution in [0.2, 0.25) is 0 Å². The van der Waals surface area contributed by atoms with Gasteiger partial charge in [0, 0.05) is 6.42 Å². The van der Waals surface area contributed by atoms with Gasteiger partial charge in [-0.3, -0.25) is 19.2 Å². The van der Waals surface area contributed by atoms with E-state index in [9.17, 15) is 29.1 Å². The van der Waals surface area contributed by atoms with Gasteiger partial charge in [0.15, 0.2) is 0 Å². The van der Waals surface area contributed by atoms with Crippen LogP contribution in [0.3, 0.4) is 0 Å². The molecule has 1 rings (SSSR count). The van der Waals surface area contributed by atoms with Crippen LogP contribution in [-0.4, -0.2) is 76.0 Å². The average molecular weight is 525 g/mol. The van der Waals surface area contributed by atoms with Crippen molar-refractivity contribution in [2.75, 3.05) is 12.0 Å². The molecule has 0 saturated heterocycles. The van der Waals surface area contributed by atoms with Gasteiger partial charge in [0.05, 0.1) is 12.5 Å². The topological polar surface area (TPSA) is 188 Å². The number of rotatable bonds is 16. The maximum absolute atomic E-state index is 13.3. The summed E-state index contributed by atoms with van der Waals surface area (Å²) in [6, 6.07) is 4.31. The third-order valence-electron chi connectivity index (χ3n) is 5.67. The monoisotopic (exact) mass is 524 g/mol. The first-order valence-corrected chi connectivity index (χ1v) is 13.0. The Balaban J connectivity index is 3.11. The van der Waals surface area contributed by atoms with Crippen molar-refractivity contribution >= 4 is 41.4 Å². The predicted octanol–water partition coefficient (Wildman–Crippen LogP) is 0.369. The molecule has 3 amide bonds. The Morgan fingerprint density at radius 3 is 2.08 bits per heavy atom. The fraction of sp³-hybridized carbons (Fsp3) is 0.542. The van der Waals surface area contributed by atoms with E-state index in [2.05, 4.69) is 16.0 Å². The van der Waals surface area contributed by atoms with E-state index >= 15 is 0 Å². The molecule has 0 heterocycles. The number of carboxylic acid groups (broad SMARTS) is 2. The van der Waals surface area contributed by atoms with Crippen LogP contribution in [-0.2, 0) is 30.4 Å². The van der Waals surface area contributed by atoms with Crippen LogP contribution in [0.4, 0.5) is 0 Å². The Kier molecular flexibility index (Phi) is 13.6. The number of carbonyl (C=O) groups is 5. The van der Waals surface area contributed by atoms with Crippen molar-refractivity contribution in [1.29, 1.82) is 0 Å². The van der Waals surface area contributed by atoms with Crippen molar-refractivity contribution in [3.8, 4) is 0 Å². The summed E-state index contributed by atoms with van der Waals surface area (Å²) in [5, 5.41) is 25.7. The van der Waals surface area contributed by atoms with Gasteiger partial charge in [-0.1, -0.05) is 50.6 Å². The number of carbonyl (C=O) groups excluding carboxylic acids is 3. The highest BCUT2D eigenvalue weighted by molar-refractivity contribution is 7.98. The van der Waals surface area contributed by atoms with Gasteiger partial charge in [-0.25, -0.2) is 4.79 Å². The van der Waals surface area contributed by atoms with Crippen molar-refractivity contribution in [2.45, 2.75) is 63.7 Å². The van der Waals surface area contributed by atoms with Crippen molar-refractivity contribution in [3.05, 3.63) is 35.9 Å². The number of benzene rings is 1. The van der Waals surface area contributed by atoms with Gasteiger partial charge >= 0.3 is 11.9 Å². The number of nitrogens with one attached hydrogen (secondary N) is 3. The lowest BCUT2D eigenvalue weighted by atomic mass is 9.96. The Morgan fingerprint density at radius 2 is 1.56 bits per heavy atom. The van der Waals surface area contributed by atoms with Crippen LogP contribution in [0.25, 0.3) is 0 Å². The Hall–Kier alpha value is -3.12. The fourth-order valence-electron chi connectivity index (χ4n) is 3.31. The minimum atomic E-state index is -1.66. The molecule has 0 aliphatic carbocycles. The average Bonchev–Trinajstić information content (AvgIpc) is 2.84. The molecule has 0 spiro atoms. The summed E-state index contributed by atoms with van der Waals surface area (Å²) in [7, 11) is 0. The van der Waals surface area contributed by atoms with E-state index in [-0.39, 0.29) is 6.42 Å².